The fourth-order valence-corrected chi connectivity index (χ4v) is 28.0. The highest BCUT2D eigenvalue weighted by Gasteiger charge is 2.65. The lowest BCUT2D eigenvalue weighted by Gasteiger charge is -2.62. The van der Waals surface area contributed by atoms with Gasteiger partial charge in [0, 0.05) is 0 Å². The predicted octanol–water partition coefficient (Wildman–Crippen LogP) is 33.6. The number of hydrogen-bond donors (Lipinski definition) is 0. The van der Waals surface area contributed by atoms with Gasteiger partial charge < -0.3 is 28.4 Å². The molecule has 0 aromatic rings. The van der Waals surface area contributed by atoms with E-state index in [0.29, 0.717) is 71.0 Å². The van der Waals surface area contributed by atoms with Gasteiger partial charge in [-0.1, -0.05) is 208 Å². The lowest BCUT2D eigenvalue weighted by molar-refractivity contribution is -0.231. The first-order valence-electron chi connectivity index (χ1n) is 47.6. The molecule has 20 saturated carbocycles. The van der Waals surface area contributed by atoms with Crippen LogP contribution in [-0.2, 0) is 57.2 Å². The smallest absolute Gasteiger partial charge is 0.312 e. The Morgan fingerprint density at radius 2 is 0.480 bits per heavy atom. The summed E-state index contributed by atoms with van der Waals surface area (Å²) >= 11 is 0. The molecule has 12 heteroatoms. The Balaban J connectivity index is -0.000000690. The molecule has 0 saturated heterocycles. The van der Waals surface area contributed by atoms with E-state index >= 15 is 0 Å². The molecule has 9 unspecified atom stereocenters. The number of carbonyl (C=O) groups is 6. The van der Waals surface area contributed by atoms with Gasteiger partial charge in [-0.15, -0.1) is 0 Å². The Bertz CT molecular complexity index is 3070. The van der Waals surface area contributed by atoms with E-state index in [1.165, 1.54) is 167 Å². The van der Waals surface area contributed by atoms with Crippen molar-refractivity contribution in [3.05, 3.63) is 0 Å². The zero-order chi connectivity index (χ0) is 81.1. The van der Waals surface area contributed by atoms with Gasteiger partial charge in [0.1, 0.15) is 33.6 Å². The van der Waals surface area contributed by atoms with Crippen LogP contribution >= 0.6 is 0 Å². The van der Waals surface area contributed by atoms with E-state index in [2.05, 4.69) is 83.1 Å². The second kappa shape index (κ2) is 50.2. The maximum absolute atomic E-state index is 12.8. The van der Waals surface area contributed by atoms with Crippen LogP contribution in [-0.4, -0.2) is 69.4 Å². The molecule has 746 valence electrons. The van der Waals surface area contributed by atoms with Crippen LogP contribution in [0.15, 0.2) is 0 Å². The lowest BCUT2D eigenvalue weighted by Crippen LogP contribution is -2.63. The zero-order valence-corrected chi connectivity index (χ0v) is 75.3. The SMILES string of the molecule is C.C.C.C.C.C.C.C.C.C.C.C.C.C.CCC(C)(C)C(=O)OC1(C(C)C)C2CC3CC(C2)CC1C3.CCC(C)(C)C(=O)OC1(C)CC2CCC1C2.CCC(C)(C)C(=O)OC1(CC)C2CC3CC(C2)CC1C3.CCC(C)C(=O)OC1(C(C)C)C2CC3CC(C2)CC1C3.CCC(C)C(=O)OC1(C)CC2CCC1C2.CCC(C)C(=O)OC1(CC)C2CC3CC(C2)CC1C3. The van der Waals surface area contributed by atoms with Crippen LogP contribution in [0.2, 0.25) is 0 Å². The third kappa shape index (κ3) is 25.7. The monoisotopic (exact) mass is 1770 g/mol. The second-order valence-electron chi connectivity index (χ2n) is 44.7. The van der Waals surface area contributed by atoms with Crippen LogP contribution in [0.1, 0.15) is 494 Å². The van der Waals surface area contributed by atoms with E-state index in [-0.39, 0.29) is 207 Å². The summed E-state index contributed by atoms with van der Waals surface area (Å²) in [7, 11) is 0. The van der Waals surface area contributed by atoms with E-state index in [9.17, 15) is 28.8 Å². The molecule has 12 nitrogen and oxygen atoms in total. The van der Waals surface area contributed by atoms with Gasteiger partial charge in [0.2, 0.25) is 0 Å². The van der Waals surface area contributed by atoms with Gasteiger partial charge in [0.15, 0.2) is 0 Å². The fourth-order valence-electron chi connectivity index (χ4n) is 28.0. The molecule has 20 rings (SSSR count). The predicted molar refractivity (Wildman–Crippen MR) is 538 cm³/mol. The standard InChI is InChI=1S/C19H32O2.2C18H30O2.C17H28O2.C14H24O2.C13H22O2.14CH4/c1-6-18(4,5)17(20)21-19(12(2)3)15-8-13-7-14(10-15)11-16(19)9-13;1-5-12(4)17(19)20-18(11(2)3)15-7-13-6-14(9-15)10-16(18)8-13;1-5-17(3,4)16(19)20-18(6-2)14-8-12-7-13(10-14)11-15(18)9-12;1-4-11(3)16(18)19-17(5-2)14-7-12-6-13(9-14)10-15(17)8-12;1-5-13(2,3)12(15)16-14(4)9-10-6-7-11(14)8-10;1-4-9(2)12(14)15-13(3)8-10-5-6-11(13)7-10;;;;;;;;;;;;;;/h12-16H,6-11H2,1-5H3;11-16H,5-10H2,1-4H3;12-15H,5-11H2,1-4H3;11-15H,4-10H2,1-3H3;10-11H,5-9H2,1-4H3;9-11H,4-8H2,1-3H3;14*1H4. The van der Waals surface area contributed by atoms with Gasteiger partial charge in [0.05, 0.1) is 34.0 Å². The van der Waals surface area contributed by atoms with Crippen molar-refractivity contribution in [1.29, 1.82) is 0 Å². The highest BCUT2D eigenvalue weighted by atomic mass is 16.6. The minimum atomic E-state index is -0.351. The summed E-state index contributed by atoms with van der Waals surface area (Å²) in [6.45, 7) is 48.2. The van der Waals surface area contributed by atoms with E-state index < -0.39 is 0 Å². The summed E-state index contributed by atoms with van der Waals surface area (Å²) in [5.41, 5.74) is -1.86. The Labute approximate surface area is 780 Å². The van der Waals surface area contributed by atoms with E-state index in [1.54, 1.807) is 0 Å². The van der Waals surface area contributed by atoms with E-state index in [1.807, 2.05) is 76.2 Å². The second-order valence-corrected chi connectivity index (χ2v) is 44.7. The van der Waals surface area contributed by atoms with E-state index in [0.717, 1.165) is 123 Å². The van der Waals surface area contributed by atoms with Gasteiger partial charge in [-0.05, 0) is 417 Å². The summed E-state index contributed by atoms with van der Waals surface area (Å²) < 4.78 is 36.7. The molecule has 0 aliphatic heterocycles. The summed E-state index contributed by atoms with van der Waals surface area (Å²) in [6, 6.07) is 0. The molecule has 20 bridgehead atoms. The highest BCUT2D eigenvalue weighted by Crippen LogP contribution is 2.66. The van der Waals surface area contributed by atoms with Crippen molar-refractivity contribution in [1.82, 2.24) is 0 Å². The number of fused-ring (bicyclic) bond motifs is 4. The van der Waals surface area contributed by atoms with Crippen LogP contribution in [0.5, 0.6) is 0 Å². The Morgan fingerprint density at radius 3 is 0.712 bits per heavy atom. The third-order valence-electron chi connectivity index (χ3n) is 36.1. The number of hydrogen-bond acceptors (Lipinski definition) is 12. The van der Waals surface area contributed by atoms with E-state index in [4.69, 9.17) is 28.4 Å². The average molecular weight is 1770 g/mol. The van der Waals surface area contributed by atoms with Crippen molar-refractivity contribution < 1.29 is 57.2 Å². The molecular weight excluding hydrogens is 1550 g/mol. The first-order valence-corrected chi connectivity index (χ1v) is 47.6. The molecule has 0 aromatic heterocycles. The third-order valence-corrected chi connectivity index (χ3v) is 36.1. The Morgan fingerprint density at radius 1 is 0.264 bits per heavy atom. The molecule has 0 aromatic carbocycles. The number of carbonyl (C=O) groups excluding carboxylic acids is 6. The van der Waals surface area contributed by atoms with Gasteiger partial charge in [-0.25, -0.2) is 0 Å². The van der Waals surface area contributed by atoms with Crippen molar-refractivity contribution in [3.63, 3.8) is 0 Å². The van der Waals surface area contributed by atoms with Crippen molar-refractivity contribution in [2.24, 2.45) is 164 Å². The van der Waals surface area contributed by atoms with Gasteiger partial charge >= 0.3 is 35.8 Å². The van der Waals surface area contributed by atoms with Gasteiger partial charge in [0.25, 0.3) is 0 Å². The molecule has 0 amide bonds. The van der Waals surface area contributed by atoms with Crippen molar-refractivity contribution >= 4 is 35.8 Å². The summed E-state index contributed by atoms with van der Waals surface area (Å²) in [5, 5.41) is 0. The Hall–Kier alpha value is -3.18. The fraction of sp³-hybridized carbons (Fsp3) is 0.947. The van der Waals surface area contributed by atoms with Crippen molar-refractivity contribution in [2.75, 3.05) is 0 Å². The highest BCUT2D eigenvalue weighted by molar-refractivity contribution is 5.78. The van der Waals surface area contributed by atoms with Crippen LogP contribution in [0.3, 0.4) is 0 Å². The topological polar surface area (TPSA) is 158 Å². The van der Waals surface area contributed by atoms with Gasteiger partial charge in [-0.3, -0.25) is 28.8 Å². The molecule has 0 heterocycles. The van der Waals surface area contributed by atoms with Crippen molar-refractivity contribution in [2.45, 2.75) is 528 Å². The number of ether oxygens (including phenoxy) is 6. The zero-order valence-electron chi connectivity index (χ0n) is 75.3. The van der Waals surface area contributed by atoms with Crippen LogP contribution in [0, 0.1) is 164 Å². The minimum Gasteiger partial charge on any atom is -0.459 e. The molecule has 20 fully saturated rings. The van der Waals surface area contributed by atoms with Crippen LogP contribution in [0.25, 0.3) is 0 Å². The first kappa shape index (κ1) is 128. The maximum Gasteiger partial charge on any atom is 0.312 e. The quantitative estimate of drug-likeness (QED) is 0.0747. The average Bonchev–Trinajstić information content (AvgIpc) is 1.48. The van der Waals surface area contributed by atoms with Crippen molar-refractivity contribution in [3.8, 4) is 0 Å². The molecular formula is C113H222O12. The van der Waals surface area contributed by atoms with Crippen LogP contribution in [0.4, 0.5) is 0 Å². The maximum atomic E-state index is 12.8. The number of rotatable bonds is 22. The van der Waals surface area contributed by atoms with Crippen LogP contribution < -0.4 is 0 Å². The molecule has 20 aliphatic carbocycles. The molecule has 0 radical (unpaired) electrons. The summed E-state index contributed by atoms with van der Waals surface area (Å²) in [5.74, 6) is 16.6. The molecule has 9 atom stereocenters. The minimum absolute atomic E-state index is 0. The molecule has 0 N–H and O–H groups in total. The molecule has 20 aliphatic rings. The van der Waals surface area contributed by atoms with Gasteiger partial charge in [-0.2, -0.15) is 0 Å². The largest absolute Gasteiger partial charge is 0.459 e. The first-order chi connectivity index (χ1) is 52.2. The Kier molecular flexibility index (Phi) is 51.5. The normalized spacial score (nSPS) is 37.4. The lowest BCUT2D eigenvalue weighted by atomic mass is 9.47. The summed E-state index contributed by atoms with van der Waals surface area (Å²) in [6.07, 6.45) is 43.8. The summed E-state index contributed by atoms with van der Waals surface area (Å²) in [4.78, 5) is 74.1. The molecule has 0 spiro atoms. The molecule has 125 heavy (non-hydrogen) atoms. The number of esters is 6.